The third-order valence-electron chi connectivity index (χ3n) is 4.26. The van der Waals surface area contributed by atoms with Gasteiger partial charge in [-0.2, -0.15) is 0 Å². The van der Waals surface area contributed by atoms with Crippen molar-refractivity contribution in [1.29, 1.82) is 0 Å². The van der Waals surface area contributed by atoms with Crippen molar-refractivity contribution in [1.82, 2.24) is 9.80 Å². The van der Waals surface area contributed by atoms with E-state index in [2.05, 4.69) is 37.8 Å². The van der Waals surface area contributed by atoms with E-state index in [0.717, 1.165) is 41.5 Å². The molecule has 2 heterocycles. The number of allylic oxidation sites excluding steroid dienone is 3. The van der Waals surface area contributed by atoms with Crippen LogP contribution in [0.4, 0.5) is 0 Å². The highest BCUT2D eigenvalue weighted by Gasteiger charge is 2.32. The number of nitrogens with zero attached hydrogens (tertiary/aromatic N) is 3. The van der Waals surface area contributed by atoms with Gasteiger partial charge in [-0.3, -0.25) is 9.79 Å². The van der Waals surface area contributed by atoms with Gasteiger partial charge in [-0.1, -0.05) is 24.3 Å². The molecule has 0 bridgehead atoms. The second-order valence-corrected chi connectivity index (χ2v) is 6.89. The lowest BCUT2D eigenvalue weighted by atomic mass is 10.1. The van der Waals surface area contributed by atoms with Crippen molar-refractivity contribution in [2.75, 3.05) is 34.2 Å². The molecular weight excluding hydrogens is 282 g/mol. The van der Waals surface area contributed by atoms with Gasteiger partial charge in [0.1, 0.15) is 0 Å². The van der Waals surface area contributed by atoms with Crippen molar-refractivity contribution in [3.8, 4) is 0 Å². The smallest absolute Gasteiger partial charge is 0.260 e. The van der Waals surface area contributed by atoms with Gasteiger partial charge in [-0.05, 0) is 39.9 Å². The van der Waals surface area contributed by atoms with Crippen molar-refractivity contribution in [3.05, 3.63) is 21.5 Å². The zero-order valence-electron chi connectivity index (χ0n) is 13.6. The molecular formula is C16H25N3OS. The fourth-order valence-corrected chi connectivity index (χ4v) is 3.80. The number of hydrogen-bond acceptors (Lipinski definition) is 4. The first-order chi connectivity index (χ1) is 9.97. The second-order valence-electron chi connectivity index (χ2n) is 5.84. The van der Waals surface area contributed by atoms with Gasteiger partial charge in [0.25, 0.3) is 5.91 Å². The molecule has 0 saturated carbocycles. The molecule has 1 saturated heterocycles. The molecule has 0 aromatic carbocycles. The molecule has 1 atom stereocenters. The SMILES string of the molecule is CC/C(C)=C1/SC(C(=O)N2CCC(N(C)C)C2)=CC1=NC. The number of thioether (sulfide) groups is 1. The molecule has 21 heavy (non-hydrogen) atoms. The summed E-state index contributed by atoms with van der Waals surface area (Å²) in [6.45, 7) is 5.93. The van der Waals surface area contributed by atoms with Crippen LogP contribution in [0.3, 0.4) is 0 Å². The molecule has 1 amide bonds. The Morgan fingerprint density at radius 3 is 2.76 bits per heavy atom. The van der Waals surface area contributed by atoms with Gasteiger partial charge in [0, 0.05) is 31.1 Å². The number of amides is 1. The van der Waals surface area contributed by atoms with Crippen LogP contribution in [0.5, 0.6) is 0 Å². The van der Waals surface area contributed by atoms with Crippen LogP contribution in [-0.4, -0.2) is 61.7 Å². The van der Waals surface area contributed by atoms with Gasteiger partial charge in [-0.15, -0.1) is 0 Å². The maximum atomic E-state index is 12.7. The van der Waals surface area contributed by atoms with Crippen molar-refractivity contribution in [3.63, 3.8) is 0 Å². The quantitative estimate of drug-likeness (QED) is 0.804. The average molecular weight is 307 g/mol. The summed E-state index contributed by atoms with van der Waals surface area (Å²) in [7, 11) is 5.95. The Kier molecular flexibility index (Phi) is 5.27. The van der Waals surface area contributed by atoms with E-state index in [1.54, 1.807) is 18.8 Å². The fraction of sp³-hybridized carbons (Fsp3) is 0.625. The highest BCUT2D eigenvalue weighted by molar-refractivity contribution is 8.09. The van der Waals surface area contributed by atoms with E-state index in [0.29, 0.717) is 6.04 Å². The zero-order chi connectivity index (χ0) is 15.6. The maximum Gasteiger partial charge on any atom is 0.260 e. The topological polar surface area (TPSA) is 35.9 Å². The van der Waals surface area contributed by atoms with Gasteiger partial charge in [0.15, 0.2) is 0 Å². The second kappa shape index (κ2) is 6.79. The van der Waals surface area contributed by atoms with E-state index in [1.807, 2.05) is 11.0 Å². The van der Waals surface area contributed by atoms with Crippen LogP contribution in [0.1, 0.15) is 26.7 Å². The zero-order valence-corrected chi connectivity index (χ0v) is 14.5. The highest BCUT2D eigenvalue weighted by Crippen LogP contribution is 2.38. The normalized spacial score (nSPS) is 26.8. The van der Waals surface area contributed by atoms with Gasteiger partial charge >= 0.3 is 0 Å². The molecule has 1 fully saturated rings. The van der Waals surface area contributed by atoms with E-state index in [-0.39, 0.29) is 5.91 Å². The first-order valence-electron chi connectivity index (χ1n) is 7.50. The highest BCUT2D eigenvalue weighted by atomic mass is 32.2. The summed E-state index contributed by atoms with van der Waals surface area (Å²) in [5, 5.41) is 0. The Morgan fingerprint density at radius 2 is 2.24 bits per heavy atom. The molecule has 0 aromatic heterocycles. The summed E-state index contributed by atoms with van der Waals surface area (Å²) >= 11 is 1.59. The van der Waals surface area contributed by atoms with Crippen LogP contribution in [-0.2, 0) is 4.79 Å². The summed E-state index contributed by atoms with van der Waals surface area (Å²) in [6, 6.07) is 0.479. The first-order valence-corrected chi connectivity index (χ1v) is 8.31. The third-order valence-corrected chi connectivity index (χ3v) is 5.54. The van der Waals surface area contributed by atoms with Gasteiger partial charge in [-0.25, -0.2) is 0 Å². The predicted octanol–water partition coefficient (Wildman–Crippen LogP) is 2.53. The molecule has 0 radical (unpaired) electrons. The Bertz CT molecular complexity index is 520. The van der Waals surface area contributed by atoms with E-state index >= 15 is 0 Å². The van der Waals surface area contributed by atoms with Crippen molar-refractivity contribution in [2.24, 2.45) is 4.99 Å². The van der Waals surface area contributed by atoms with Crippen LogP contribution >= 0.6 is 11.8 Å². The number of likely N-dealkylation sites (N-methyl/N-ethyl adjacent to an activating group) is 1. The van der Waals surface area contributed by atoms with Crippen molar-refractivity contribution >= 4 is 23.4 Å². The molecule has 0 N–H and O–H groups in total. The third kappa shape index (κ3) is 3.40. The van der Waals surface area contributed by atoms with Gasteiger partial charge in [0.05, 0.1) is 10.6 Å². The molecule has 5 heteroatoms. The summed E-state index contributed by atoms with van der Waals surface area (Å²) < 4.78 is 0. The summed E-state index contributed by atoms with van der Waals surface area (Å²) in [4.78, 5) is 23.2. The molecule has 0 spiro atoms. The summed E-state index contributed by atoms with van der Waals surface area (Å²) in [6.07, 6.45) is 4.00. The lowest BCUT2D eigenvalue weighted by molar-refractivity contribution is -0.125. The van der Waals surface area contributed by atoms with Crippen LogP contribution in [0.25, 0.3) is 0 Å². The number of carbonyl (C=O) groups is 1. The van der Waals surface area contributed by atoms with Crippen LogP contribution in [0.2, 0.25) is 0 Å². The van der Waals surface area contributed by atoms with Gasteiger partial charge < -0.3 is 9.80 Å². The van der Waals surface area contributed by atoms with Crippen LogP contribution < -0.4 is 0 Å². The number of likely N-dealkylation sites (tertiary alicyclic amines) is 1. The Hall–Kier alpha value is -1.07. The number of rotatable bonds is 3. The van der Waals surface area contributed by atoms with Gasteiger partial charge in [0.2, 0.25) is 0 Å². The monoisotopic (exact) mass is 307 g/mol. The molecule has 0 aliphatic carbocycles. The minimum absolute atomic E-state index is 0.157. The summed E-state index contributed by atoms with van der Waals surface area (Å²) in [5.74, 6) is 0.157. The minimum Gasteiger partial charge on any atom is -0.337 e. The summed E-state index contributed by atoms with van der Waals surface area (Å²) in [5.41, 5.74) is 2.25. The maximum absolute atomic E-state index is 12.7. The minimum atomic E-state index is 0.157. The Balaban J connectivity index is 2.12. The molecule has 116 valence electrons. The van der Waals surface area contributed by atoms with Crippen LogP contribution in [0, 0.1) is 0 Å². The molecule has 4 nitrogen and oxygen atoms in total. The Morgan fingerprint density at radius 1 is 1.52 bits per heavy atom. The van der Waals surface area contributed by atoms with E-state index in [4.69, 9.17) is 0 Å². The molecule has 2 aliphatic heterocycles. The van der Waals surface area contributed by atoms with Crippen molar-refractivity contribution in [2.45, 2.75) is 32.7 Å². The fourth-order valence-electron chi connectivity index (χ4n) is 2.62. The molecule has 1 unspecified atom stereocenters. The molecule has 2 aliphatic rings. The van der Waals surface area contributed by atoms with Crippen LogP contribution in [0.15, 0.2) is 26.5 Å². The predicted molar refractivity (Wildman–Crippen MR) is 90.7 cm³/mol. The largest absolute Gasteiger partial charge is 0.337 e. The standard InChI is InChI=1S/C16H25N3OS/c1-6-11(2)15-13(17-3)9-14(21-15)16(20)19-8-7-12(10-19)18(4)5/h9,12H,6-8,10H2,1-5H3/b15-11+,17-13?. The number of hydrogen-bond donors (Lipinski definition) is 0. The van der Waals surface area contributed by atoms with Crippen molar-refractivity contribution < 1.29 is 4.79 Å². The average Bonchev–Trinajstić information content (AvgIpc) is 3.12. The van der Waals surface area contributed by atoms with E-state index in [1.165, 1.54) is 5.57 Å². The first kappa shape index (κ1) is 16.3. The van der Waals surface area contributed by atoms with E-state index in [9.17, 15) is 4.79 Å². The Labute approximate surface area is 132 Å². The number of aliphatic imine (C=N–C) groups is 1. The lowest BCUT2D eigenvalue weighted by Gasteiger charge is -2.20. The molecule has 2 rings (SSSR count). The molecule has 0 aromatic rings. The number of carbonyl (C=O) groups excluding carboxylic acids is 1. The lowest BCUT2D eigenvalue weighted by Crippen LogP contribution is -2.34. The van der Waals surface area contributed by atoms with E-state index < -0.39 is 0 Å².